The third-order valence-electron chi connectivity index (χ3n) is 2.47. The molecule has 0 saturated heterocycles. The highest BCUT2D eigenvalue weighted by Gasteiger charge is 2.11. The third kappa shape index (κ3) is 3.76. The molecule has 0 saturated carbocycles. The van der Waals surface area contributed by atoms with Crippen LogP contribution in [0.2, 0.25) is 0 Å². The highest BCUT2D eigenvalue weighted by molar-refractivity contribution is 5.96. The van der Waals surface area contributed by atoms with Gasteiger partial charge in [-0.1, -0.05) is 6.07 Å². The van der Waals surface area contributed by atoms with Gasteiger partial charge in [-0.05, 0) is 26.0 Å². The molecule has 0 heterocycles. The number of carbonyl (C=O) groups is 2. The fraction of sp³-hybridized carbons (Fsp3) is 0.385. The van der Waals surface area contributed by atoms with E-state index in [0.717, 1.165) is 0 Å². The van der Waals surface area contributed by atoms with E-state index in [0.29, 0.717) is 17.7 Å². The monoisotopic (exact) mass is 251 g/mol. The van der Waals surface area contributed by atoms with Gasteiger partial charge in [0, 0.05) is 17.7 Å². The van der Waals surface area contributed by atoms with Gasteiger partial charge in [-0.15, -0.1) is 0 Å². The first-order valence-corrected chi connectivity index (χ1v) is 5.78. The van der Waals surface area contributed by atoms with Crippen LogP contribution >= 0.6 is 0 Å². The zero-order chi connectivity index (χ0) is 13.5. The molecule has 2 N–H and O–H groups in total. The second-order valence-electron chi connectivity index (χ2n) is 3.76. The van der Waals surface area contributed by atoms with Crippen LogP contribution in [0.25, 0.3) is 0 Å². The Labute approximate surface area is 106 Å². The normalized spacial score (nSPS) is 9.89. The molecule has 0 bridgehead atoms. The van der Waals surface area contributed by atoms with Gasteiger partial charge in [0.15, 0.2) is 0 Å². The topological polar surface area (TPSA) is 75.6 Å². The van der Waals surface area contributed by atoms with Gasteiger partial charge >= 0.3 is 5.97 Å². The van der Waals surface area contributed by atoms with E-state index < -0.39 is 0 Å². The Morgan fingerprint density at radius 1 is 1.39 bits per heavy atom. The molecule has 0 spiro atoms. The Morgan fingerprint density at radius 3 is 2.78 bits per heavy atom. The zero-order valence-corrected chi connectivity index (χ0v) is 10.5. The number of phenols is 1. The summed E-state index contributed by atoms with van der Waals surface area (Å²) in [6.45, 7) is 3.94. The number of benzene rings is 1. The summed E-state index contributed by atoms with van der Waals surface area (Å²) in [5, 5.41) is 12.1. The van der Waals surface area contributed by atoms with Gasteiger partial charge in [-0.3, -0.25) is 9.59 Å². The first kappa shape index (κ1) is 14.0. The van der Waals surface area contributed by atoms with Crippen molar-refractivity contribution in [2.45, 2.75) is 20.3 Å². The van der Waals surface area contributed by atoms with Gasteiger partial charge in [-0.25, -0.2) is 0 Å². The second kappa shape index (κ2) is 6.64. The Hall–Kier alpha value is -2.04. The van der Waals surface area contributed by atoms with Gasteiger partial charge in [0.25, 0.3) is 5.91 Å². The fourth-order valence-electron chi connectivity index (χ4n) is 1.48. The van der Waals surface area contributed by atoms with E-state index in [-0.39, 0.29) is 30.6 Å². The number of ether oxygens (including phenoxy) is 1. The van der Waals surface area contributed by atoms with E-state index in [4.69, 9.17) is 4.74 Å². The molecular formula is C13H17NO4. The summed E-state index contributed by atoms with van der Waals surface area (Å²) in [5.74, 6) is -0.578. The Bertz CT molecular complexity index is 443. The van der Waals surface area contributed by atoms with Crippen LogP contribution in [0, 0.1) is 6.92 Å². The van der Waals surface area contributed by atoms with E-state index in [1.54, 1.807) is 26.0 Å². The van der Waals surface area contributed by atoms with Gasteiger partial charge in [0.1, 0.15) is 5.75 Å². The number of phenolic OH excluding ortho intramolecular Hbond substituents is 1. The molecule has 0 unspecified atom stereocenters. The molecule has 18 heavy (non-hydrogen) atoms. The minimum atomic E-state index is -0.342. The van der Waals surface area contributed by atoms with Gasteiger partial charge in [0.2, 0.25) is 0 Å². The van der Waals surface area contributed by atoms with Gasteiger partial charge in [-0.2, -0.15) is 0 Å². The van der Waals surface area contributed by atoms with Crippen molar-refractivity contribution < 1.29 is 19.4 Å². The van der Waals surface area contributed by atoms with Crippen LogP contribution in [0.4, 0.5) is 0 Å². The number of hydrogen-bond donors (Lipinski definition) is 2. The number of rotatable bonds is 5. The number of aromatic hydroxyl groups is 1. The van der Waals surface area contributed by atoms with Crippen LogP contribution in [-0.4, -0.2) is 30.1 Å². The molecule has 0 aromatic heterocycles. The Balaban J connectivity index is 2.51. The maximum absolute atomic E-state index is 11.8. The summed E-state index contributed by atoms with van der Waals surface area (Å²) < 4.78 is 4.74. The summed E-state index contributed by atoms with van der Waals surface area (Å²) in [5.41, 5.74) is 0.921. The summed E-state index contributed by atoms with van der Waals surface area (Å²) in [4.78, 5) is 22.9. The Kier molecular flexibility index (Phi) is 5.17. The third-order valence-corrected chi connectivity index (χ3v) is 2.47. The number of esters is 1. The van der Waals surface area contributed by atoms with Crippen molar-refractivity contribution in [2.24, 2.45) is 0 Å². The minimum Gasteiger partial charge on any atom is -0.508 e. The average molecular weight is 251 g/mol. The summed E-state index contributed by atoms with van der Waals surface area (Å²) in [6, 6.07) is 4.74. The maximum Gasteiger partial charge on any atom is 0.307 e. The number of amides is 1. The quantitative estimate of drug-likeness (QED) is 0.775. The second-order valence-corrected chi connectivity index (χ2v) is 3.76. The lowest BCUT2D eigenvalue weighted by molar-refractivity contribution is -0.142. The van der Waals surface area contributed by atoms with E-state index in [9.17, 15) is 14.7 Å². The molecule has 0 fully saturated rings. The molecule has 0 aliphatic heterocycles. The molecule has 1 aromatic carbocycles. The molecule has 0 atom stereocenters. The Morgan fingerprint density at radius 2 is 2.11 bits per heavy atom. The van der Waals surface area contributed by atoms with Crippen molar-refractivity contribution >= 4 is 11.9 Å². The molecule has 0 aliphatic carbocycles. The van der Waals surface area contributed by atoms with Gasteiger partial charge in [0.05, 0.1) is 13.0 Å². The lowest BCUT2D eigenvalue weighted by Gasteiger charge is -2.08. The first-order valence-electron chi connectivity index (χ1n) is 5.78. The zero-order valence-electron chi connectivity index (χ0n) is 10.5. The molecule has 1 amide bonds. The molecule has 5 heteroatoms. The van der Waals surface area contributed by atoms with Crippen LogP contribution in [0.5, 0.6) is 5.75 Å². The maximum atomic E-state index is 11.8. The summed E-state index contributed by atoms with van der Waals surface area (Å²) in [7, 11) is 0. The lowest BCUT2D eigenvalue weighted by atomic mass is 10.1. The fourth-order valence-corrected chi connectivity index (χ4v) is 1.48. The van der Waals surface area contributed by atoms with E-state index in [2.05, 4.69) is 5.32 Å². The van der Waals surface area contributed by atoms with E-state index in [1.807, 2.05) is 0 Å². The smallest absolute Gasteiger partial charge is 0.307 e. The number of hydrogen-bond acceptors (Lipinski definition) is 4. The highest BCUT2D eigenvalue weighted by Crippen LogP contribution is 2.19. The van der Waals surface area contributed by atoms with Crippen molar-refractivity contribution in [3.8, 4) is 5.75 Å². The predicted molar refractivity (Wildman–Crippen MR) is 66.4 cm³/mol. The minimum absolute atomic E-state index is 0.0769. The molecule has 5 nitrogen and oxygen atoms in total. The summed E-state index contributed by atoms with van der Waals surface area (Å²) in [6.07, 6.45) is 0.136. The highest BCUT2D eigenvalue weighted by atomic mass is 16.5. The SMILES string of the molecule is CCOC(=O)CCNC(=O)c1cccc(O)c1C. The van der Waals surface area contributed by atoms with Crippen LogP contribution < -0.4 is 5.32 Å². The molecule has 1 rings (SSSR count). The number of carbonyl (C=O) groups excluding carboxylic acids is 2. The standard InChI is InChI=1S/C13H17NO4/c1-3-18-12(16)7-8-14-13(17)10-5-4-6-11(15)9(10)2/h4-6,15H,3,7-8H2,1-2H3,(H,14,17). The van der Waals surface area contributed by atoms with Crippen molar-refractivity contribution in [3.05, 3.63) is 29.3 Å². The lowest BCUT2D eigenvalue weighted by Crippen LogP contribution is -2.27. The predicted octanol–water partition coefficient (Wildman–Crippen LogP) is 1.38. The van der Waals surface area contributed by atoms with E-state index >= 15 is 0 Å². The van der Waals surface area contributed by atoms with Crippen LogP contribution in [0.15, 0.2) is 18.2 Å². The van der Waals surface area contributed by atoms with Crippen molar-refractivity contribution in [3.63, 3.8) is 0 Å². The van der Waals surface area contributed by atoms with Crippen molar-refractivity contribution in [1.82, 2.24) is 5.32 Å². The first-order chi connectivity index (χ1) is 8.56. The van der Waals surface area contributed by atoms with Gasteiger partial charge < -0.3 is 15.2 Å². The van der Waals surface area contributed by atoms with Crippen LogP contribution in [0.3, 0.4) is 0 Å². The molecule has 98 valence electrons. The molecule has 0 aliphatic rings. The van der Waals surface area contributed by atoms with Crippen molar-refractivity contribution in [2.75, 3.05) is 13.2 Å². The summed E-state index contributed by atoms with van der Waals surface area (Å²) >= 11 is 0. The van der Waals surface area contributed by atoms with Crippen LogP contribution in [0.1, 0.15) is 29.3 Å². The molecule has 1 aromatic rings. The molecular weight excluding hydrogens is 234 g/mol. The largest absolute Gasteiger partial charge is 0.508 e. The average Bonchev–Trinajstić information content (AvgIpc) is 2.33. The van der Waals surface area contributed by atoms with Crippen molar-refractivity contribution in [1.29, 1.82) is 0 Å². The van der Waals surface area contributed by atoms with E-state index in [1.165, 1.54) is 6.07 Å². The number of nitrogens with one attached hydrogen (secondary N) is 1. The van der Waals surface area contributed by atoms with Crippen LogP contribution in [-0.2, 0) is 9.53 Å². The molecule has 0 radical (unpaired) electrons.